The summed E-state index contributed by atoms with van der Waals surface area (Å²) in [6, 6.07) is 18.7. The Hall–Kier alpha value is -2.92. The van der Waals surface area contributed by atoms with E-state index >= 15 is 0 Å². The molecular formula is C20H18N2O2S. The number of aryl methyl sites for hydroxylation is 1. The molecule has 0 aliphatic rings. The molecule has 0 radical (unpaired) electrons. The van der Waals surface area contributed by atoms with E-state index in [0.29, 0.717) is 16.3 Å². The van der Waals surface area contributed by atoms with Crippen molar-refractivity contribution in [2.75, 3.05) is 10.6 Å². The molecule has 3 aromatic rings. The molecule has 5 heteroatoms. The summed E-state index contributed by atoms with van der Waals surface area (Å²) in [5, 5.41) is 7.62. The second-order valence-electron chi connectivity index (χ2n) is 5.69. The van der Waals surface area contributed by atoms with E-state index < -0.39 is 0 Å². The molecule has 126 valence electrons. The van der Waals surface area contributed by atoms with Crippen LogP contribution in [0.2, 0.25) is 0 Å². The molecule has 2 amide bonds. The first-order valence-corrected chi connectivity index (χ1v) is 8.79. The van der Waals surface area contributed by atoms with Gasteiger partial charge in [-0.05, 0) is 41.6 Å². The first-order valence-electron chi connectivity index (χ1n) is 7.91. The molecule has 0 spiro atoms. The standard InChI is InChI=1S/C20H18N2O2S/c1-14-9-10-16(22-20(24)18-8-5-11-25-18)17(12-14)21-19(23)13-15-6-3-2-4-7-15/h2-12H,13H2,1H3,(H,21,23)(H,22,24). The Morgan fingerprint density at radius 1 is 0.920 bits per heavy atom. The molecular weight excluding hydrogens is 332 g/mol. The average Bonchev–Trinajstić information content (AvgIpc) is 3.13. The molecule has 0 unspecified atom stereocenters. The number of rotatable bonds is 5. The number of hydrogen-bond acceptors (Lipinski definition) is 3. The number of benzene rings is 2. The van der Waals surface area contributed by atoms with Crippen molar-refractivity contribution in [3.8, 4) is 0 Å². The van der Waals surface area contributed by atoms with Crippen molar-refractivity contribution < 1.29 is 9.59 Å². The van der Waals surface area contributed by atoms with Gasteiger partial charge >= 0.3 is 0 Å². The monoisotopic (exact) mass is 350 g/mol. The highest BCUT2D eigenvalue weighted by atomic mass is 32.1. The molecule has 0 saturated carbocycles. The summed E-state index contributed by atoms with van der Waals surface area (Å²) in [5.41, 5.74) is 3.14. The largest absolute Gasteiger partial charge is 0.324 e. The Morgan fingerprint density at radius 3 is 2.44 bits per heavy atom. The number of nitrogens with one attached hydrogen (secondary N) is 2. The Balaban J connectivity index is 1.75. The van der Waals surface area contributed by atoms with Gasteiger partial charge in [0.15, 0.2) is 0 Å². The molecule has 4 nitrogen and oxygen atoms in total. The van der Waals surface area contributed by atoms with Crippen molar-refractivity contribution in [3.05, 3.63) is 82.0 Å². The number of carbonyl (C=O) groups is 2. The first-order chi connectivity index (χ1) is 12.1. The van der Waals surface area contributed by atoms with Gasteiger partial charge in [-0.3, -0.25) is 9.59 Å². The van der Waals surface area contributed by atoms with E-state index in [2.05, 4.69) is 10.6 Å². The summed E-state index contributed by atoms with van der Waals surface area (Å²) in [4.78, 5) is 25.2. The van der Waals surface area contributed by atoms with Crippen LogP contribution in [0.1, 0.15) is 20.8 Å². The fraction of sp³-hybridized carbons (Fsp3) is 0.100. The zero-order chi connectivity index (χ0) is 17.6. The second-order valence-corrected chi connectivity index (χ2v) is 6.64. The Kier molecular flexibility index (Phi) is 5.26. The number of carbonyl (C=O) groups excluding carboxylic acids is 2. The maximum Gasteiger partial charge on any atom is 0.265 e. The molecule has 25 heavy (non-hydrogen) atoms. The fourth-order valence-electron chi connectivity index (χ4n) is 2.44. The predicted octanol–water partition coefficient (Wildman–Crippen LogP) is 4.49. The van der Waals surface area contributed by atoms with E-state index in [1.54, 1.807) is 12.1 Å². The predicted molar refractivity (Wildman–Crippen MR) is 102 cm³/mol. The smallest absolute Gasteiger partial charge is 0.265 e. The van der Waals surface area contributed by atoms with Crippen LogP contribution < -0.4 is 10.6 Å². The number of amides is 2. The fourth-order valence-corrected chi connectivity index (χ4v) is 3.06. The van der Waals surface area contributed by atoms with Crippen molar-refractivity contribution in [2.24, 2.45) is 0 Å². The third-order valence-electron chi connectivity index (χ3n) is 3.65. The molecule has 0 atom stereocenters. The minimum Gasteiger partial charge on any atom is -0.324 e. The molecule has 2 aromatic carbocycles. The van der Waals surface area contributed by atoms with Gasteiger partial charge < -0.3 is 10.6 Å². The van der Waals surface area contributed by atoms with E-state index in [0.717, 1.165) is 11.1 Å². The van der Waals surface area contributed by atoms with E-state index in [-0.39, 0.29) is 18.2 Å². The SMILES string of the molecule is Cc1ccc(NC(=O)c2cccs2)c(NC(=O)Cc2ccccc2)c1. The van der Waals surface area contributed by atoms with Gasteiger partial charge in [0.05, 0.1) is 22.7 Å². The minimum atomic E-state index is -0.183. The van der Waals surface area contributed by atoms with Gasteiger partial charge in [0.2, 0.25) is 5.91 Å². The van der Waals surface area contributed by atoms with Crippen LogP contribution in [0.15, 0.2) is 66.0 Å². The zero-order valence-corrected chi connectivity index (χ0v) is 14.6. The van der Waals surface area contributed by atoms with Crippen LogP contribution in [-0.4, -0.2) is 11.8 Å². The lowest BCUT2D eigenvalue weighted by atomic mass is 10.1. The molecule has 1 aromatic heterocycles. The number of hydrogen-bond donors (Lipinski definition) is 2. The van der Waals surface area contributed by atoms with Crippen LogP contribution in [0.5, 0.6) is 0 Å². The van der Waals surface area contributed by atoms with E-state index in [1.165, 1.54) is 11.3 Å². The summed E-state index contributed by atoms with van der Waals surface area (Å²) in [5.74, 6) is -0.305. The lowest BCUT2D eigenvalue weighted by molar-refractivity contribution is -0.115. The summed E-state index contributed by atoms with van der Waals surface area (Å²) in [6.45, 7) is 1.94. The van der Waals surface area contributed by atoms with Crippen LogP contribution in [0.25, 0.3) is 0 Å². The molecule has 0 fully saturated rings. The van der Waals surface area contributed by atoms with Gasteiger partial charge in [-0.2, -0.15) is 0 Å². The lowest BCUT2D eigenvalue weighted by Gasteiger charge is -2.13. The van der Waals surface area contributed by atoms with Crippen LogP contribution in [-0.2, 0) is 11.2 Å². The van der Waals surface area contributed by atoms with Gasteiger partial charge in [-0.1, -0.05) is 42.5 Å². The van der Waals surface area contributed by atoms with Crippen molar-refractivity contribution >= 4 is 34.5 Å². The lowest BCUT2D eigenvalue weighted by Crippen LogP contribution is -2.17. The maximum atomic E-state index is 12.3. The van der Waals surface area contributed by atoms with Gasteiger partial charge in [0.25, 0.3) is 5.91 Å². The molecule has 0 aliphatic heterocycles. The van der Waals surface area contributed by atoms with Crippen molar-refractivity contribution in [1.82, 2.24) is 0 Å². The molecule has 0 bridgehead atoms. The summed E-state index contributed by atoms with van der Waals surface area (Å²) < 4.78 is 0. The van der Waals surface area contributed by atoms with Gasteiger partial charge in [0.1, 0.15) is 0 Å². The topological polar surface area (TPSA) is 58.2 Å². The molecule has 0 aliphatic carbocycles. The number of thiophene rings is 1. The van der Waals surface area contributed by atoms with Gasteiger partial charge in [-0.25, -0.2) is 0 Å². The van der Waals surface area contributed by atoms with E-state index in [9.17, 15) is 9.59 Å². The maximum absolute atomic E-state index is 12.3. The molecule has 0 saturated heterocycles. The van der Waals surface area contributed by atoms with Crippen LogP contribution >= 0.6 is 11.3 Å². The molecule has 3 rings (SSSR count). The summed E-state index contributed by atoms with van der Waals surface area (Å²) in [7, 11) is 0. The third-order valence-corrected chi connectivity index (χ3v) is 4.52. The van der Waals surface area contributed by atoms with Gasteiger partial charge in [-0.15, -0.1) is 11.3 Å². The Labute approximate surface area is 150 Å². The van der Waals surface area contributed by atoms with Crippen LogP contribution in [0, 0.1) is 6.92 Å². The van der Waals surface area contributed by atoms with Crippen LogP contribution in [0.3, 0.4) is 0 Å². The highest BCUT2D eigenvalue weighted by molar-refractivity contribution is 7.12. The first kappa shape index (κ1) is 16.9. The highest BCUT2D eigenvalue weighted by Gasteiger charge is 2.12. The van der Waals surface area contributed by atoms with Crippen molar-refractivity contribution in [1.29, 1.82) is 0 Å². The zero-order valence-electron chi connectivity index (χ0n) is 13.8. The number of anilines is 2. The third kappa shape index (κ3) is 4.55. The van der Waals surface area contributed by atoms with Gasteiger partial charge in [0, 0.05) is 0 Å². The second kappa shape index (κ2) is 7.77. The van der Waals surface area contributed by atoms with E-state index in [4.69, 9.17) is 0 Å². The molecule has 2 N–H and O–H groups in total. The highest BCUT2D eigenvalue weighted by Crippen LogP contribution is 2.24. The van der Waals surface area contributed by atoms with Crippen LogP contribution in [0.4, 0.5) is 11.4 Å². The minimum absolute atomic E-state index is 0.122. The Bertz CT molecular complexity index is 874. The molecule has 1 heterocycles. The summed E-state index contributed by atoms with van der Waals surface area (Å²) in [6.07, 6.45) is 0.285. The quantitative estimate of drug-likeness (QED) is 0.712. The van der Waals surface area contributed by atoms with E-state index in [1.807, 2.05) is 60.8 Å². The average molecular weight is 350 g/mol. The normalized spacial score (nSPS) is 10.3. The van der Waals surface area contributed by atoms with Crippen molar-refractivity contribution in [2.45, 2.75) is 13.3 Å². The van der Waals surface area contributed by atoms with Crippen molar-refractivity contribution in [3.63, 3.8) is 0 Å². The summed E-state index contributed by atoms with van der Waals surface area (Å²) >= 11 is 1.38. The Morgan fingerprint density at radius 2 is 1.72 bits per heavy atom.